The Morgan fingerprint density at radius 3 is 2.64 bits per heavy atom. The lowest BCUT2D eigenvalue weighted by Crippen LogP contribution is -2.28. The topological polar surface area (TPSA) is 71.1 Å². The second-order valence-corrected chi connectivity index (χ2v) is 5.09. The van der Waals surface area contributed by atoms with E-state index < -0.39 is 0 Å². The van der Waals surface area contributed by atoms with Crippen LogP contribution in [0.1, 0.15) is 27.9 Å². The van der Waals surface area contributed by atoms with Crippen molar-refractivity contribution < 1.29 is 9.59 Å². The molecule has 0 saturated heterocycles. The summed E-state index contributed by atoms with van der Waals surface area (Å²) in [4.78, 5) is 27.9. The summed E-state index contributed by atoms with van der Waals surface area (Å²) >= 11 is 0. The number of aromatic nitrogens is 1. The summed E-state index contributed by atoms with van der Waals surface area (Å²) < 4.78 is 0. The first kappa shape index (κ1) is 15.7. The van der Waals surface area contributed by atoms with Crippen LogP contribution in [-0.2, 0) is 4.79 Å². The number of pyridine rings is 1. The van der Waals surface area contributed by atoms with Crippen LogP contribution in [0, 0.1) is 13.8 Å². The van der Waals surface area contributed by atoms with Crippen LogP contribution in [-0.4, -0.2) is 23.3 Å². The van der Waals surface area contributed by atoms with Gasteiger partial charge in [0.15, 0.2) is 0 Å². The molecule has 1 aromatic carbocycles. The molecule has 2 N–H and O–H groups in total. The average molecular weight is 297 g/mol. The summed E-state index contributed by atoms with van der Waals surface area (Å²) in [5, 5.41) is 5.45. The van der Waals surface area contributed by atoms with E-state index in [4.69, 9.17) is 0 Å². The lowest BCUT2D eigenvalue weighted by molar-refractivity contribution is -0.116. The van der Waals surface area contributed by atoms with E-state index in [1.807, 2.05) is 38.1 Å². The summed E-state index contributed by atoms with van der Waals surface area (Å²) in [6.07, 6.45) is 1.85. The van der Waals surface area contributed by atoms with Crippen LogP contribution in [0.3, 0.4) is 0 Å². The average Bonchev–Trinajstić information content (AvgIpc) is 2.47. The SMILES string of the molecule is Cc1ccnc(NC(=O)CCNC(=O)c2ccccc2C)c1. The van der Waals surface area contributed by atoms with Crippen LogP contribution < -0.4 is 10.6 Å². The largest absolute Gasteiger partial charge is 0.352 e. The van der Waals surface area contributed by atoms with E-state index in [0.717, 1.165) is 11.1 Å². The molecule has 2 aromatic rings. The normalized spacial score (nSPS) is 10.1. The number of carbonyl (C=O) groups is 2. The van der Waals surface area contributed by atoms with Gasteiger partial charge in [0.25, 0.3) is 5.91 Å². The van der Waals surface area contributed by atoms with Crippen LogP contribution in [0.5, 0.6) is 0 Å². The van der Waals surface area contributed by atoms with Crippen molar-refractivity contribution >= 4 is 17.6 Å². The third kappa shape index (κ3) is 4.41. The van der Waals surface area contributed by atoms with Crippen molar-refractivity contribution in [1.82, 2.24) is 10.3 Å². The molecule has 0 unspecified atom stereocenters. The number of rotatable bonds is 5. The molecule has 1 heterocycles. The minimum absolute atomic E-state index is 0.167. The van der Waals surface area contributed by atoms with Crippen LogP contribution in [0.2, 0.25) is 0 Å². The zero-order valence-corrected chi connectivity index (χ0v) is 12.7. The van der Waals surface area contributed by atoms with Gasteiger partial charge in [0.05, 0.1) is 0 Å². The maximum atomic E-state index is 12.0. The molecule has 2 rings (SSSR count). The fraction of sp³-hybridized carbons (Fsp3) is 0.235. The molecule has 22 heavy (non-hydrogen) atoms. The monoisotopic (exact) mass is 297 g/mol. The standard InChI is InChI=1S/C17H19N3O2/c1-12-7-9-18-15(11-12)20-16(21)8-10-19-17(22)14-6-4-3-5-13(14)2/h3-7,9,11H,8,10H2,1-2H3,(H,19,22)(H,18,20,21). The fourth-order valence-electron chi connectivity index (χ4n) is 2.02. The number of nitrogens with zero attached hydrogens (tertiary/aromatic N) is 1. The molecule has 0 spiro atoms. The van der Waals surface area contributed by atoms with Crippen molar-refractivity contribution in [3.63, 3.8) is 0 Å². The first-order chi connectivity index (χ1) is 10.6. The number of benzene rings is 1. The second kappa shape index (κ2) is 7.36. The lowest BCUT2D eigenvalue weighted by Gasteiger charge is -2.08. The Labute approximate surface area is 129 Å². The van der Waals surface area contributed by atoms with E-state index in [1.165, 1.54) is 0 Å². The minimum Gasteiger partial charge on any atom is -0.352 e. The predicted octanol–water partition coefficient (Wildman–Crippen LogP) is 2.46. The summed E-state index contributed by atoms with van der Waals surface area (Å²) in [5.74, 6) is 0.179. The van der Waals surface area contributed by atoms with Crippen molar-refractivity contribution in [2.24, 2.45) is 0 Å². The van der Waals surface area contributed by atoms with E-state index in [9.17, 15) is 9.59 Å². The predicted molar refractivity (Wildman–Crippen MR) is 85.7 cm³/mol. The number of hydrogen-bond donors (Lipinski definition) is 2. The summed E-state index contributed by atoms with van der Waals surface area (Å²) in [5.41, 5.74) is 2.56. The molecule has 0 aliphatic carbocycles. The molecule has 0 atom stereocenters. The summed E-state index contributed by atoms with van der Waals surface area (Å²) in [6, 6.07) is 11.0. The van der Waals surface area contributed by atoms with Gasteiger partial charge in [-0.05, 0) is 43.2 Å². The molecular formula is C17H19N3O2. The number of anilines is 1. The van der Waals surface area contributed by atoms with Crippen LogP contribution in [0.4, 0.5) is 5.82 Å². The Bertz CT molecular complexity index is 683. The highest BCUT2D eigenvalue weighted by Gasteiger charge is 2.09. The third-order valence-electron chi connectivity index (χ3n) is 3.21. The second-order valence-electron chi connectivity index (χ2n) is 5.09. The van der Waals surface area contributed by atoms with Gasteiger partial charge in [0, 0.05) is 24.7 Å². The minimum atomic E-state index is -0.178. The molecule has 114 valence electrons. The van der Waals surface area contributed by atoms with E-state index in [1.54, 1.807) is 18.3 Å². The molecule has 0 radical (unpaired) electrons. The summed E-state index contributed by atoms with van der Waals surface area (Å²) in [7, 11) is 0. The van der Waals surface area contributed by atoms with E-state index >= 15 is 0 Å². The molecule has 0 bridgehead atoms. The lowest BCUT2D eigenvalue weighted by atomic mass is 10.1. The quantitative estimate of drug-likeness (QED) is 0.890. The van der Waals surface area contributed by atoms with Gasteiger partial charge >= 0.3 is 0 Å². The van der Waals surface area contributed by atoms with Gasteiger partial charge in [-0.2, -0.15) is 0 Å². The smallest absolute Gasteiger partial charge is 0.251 e. The van der Waals surface area contributed by atoms with E-state index in [0.29, 0.717) is 11.4 Å². The highest BCUT2D eigenvalue weighted by molar-refractivity contribution is 5.96. The van der Waals surface area contributed by atoms with Crippen molar-refractivity contribution in [3.05, 3.63) is 59.3 Å². The van der Waals surface area contributed by atoms with Crippen LogP contribution >= 0.6 is 0 Å². The van der Waals surface area contributed by atoms with Crippen LogP contribution in [0.25, 0.3) is 0 Å². The fourth-order valence-corrected chi connectivity index (χ4v) is 2.02. The van der Waals surface area contributed by atoms with Gasteiger partial charge in [-0.1, -0.05) is 18.2 Å². The zero-order valence-electron chi connectivity index (χ0n) is 12.7. The maximum absolute atomic E-state index is 12.0. The first-order valence-corrected chi connectivity index (χ1v) is 7.12. The molecular weight excluding hydrogens is 278 g/mol. The highest BCUT2D eigenvalue weighted by atomic mass is 16.2. The van der Waals surface area contributed by atoms with Gasteiger partial charge in [0.1, 0.15) is 5.82 Å². The number of hydrogen-bond acceptors (Lipinski definition) is 3. The van der Waals surface area contributed by atoms with E-state index in [-0.39, 0.29) is 24.8 Å². The van der Waals surface area contributed by atoms with Gasteiger partial charge in [-0.25, -0.2) is 4.98 Å². The Kier molecular flexibility index (Phi) is 5.25. The van der Waals surface area contributed by atoms with E-state index in [2.05, 4.69) is 15.6 Å². The molecule has 0 fully saturated rings. The van der Waals surface area contributed by atoms with Gasteiger partial charge in [-0.15, -0.1) is 0 Å². The molecule has 1 aromatic heterocycles. The molecule has 5 nitrogen and oxygen atoms in total. The number of aryl methyl sites for hydroxylation is 2. The maximum Gasteiger partial charge on any atom is 0.251 e. The van der Waals surface area contributed by atoms with Gasteiger partial charge < -0.3 is 10.6 Å². The van der Waals surface area contributed by atoms with Gasteiger partial charge in [-0.3, -0.25) is 9.59 Å². The number of carbonyl (C=O) groups excluding carboxylic acids is 2. The van der Waals surface area contributed by atoms with Crippen molar-refractivity contribution in [1.29, 1.82) is 0 Å². The molecule has 0 aliphatic heterocycles. The Hall–Kier alpha value is -2.69. The third-order valence-corrected chi connectivity index (χ3v) is 3.21. The highest BCUT2D eigenvalue weighted by Crippen LogP contribution is 2.07. The number of amides is 2. The van der Waals surface area contributed by atoms with Crippen molar-refractivity contribution in [3.8, 4) is 0 Å². The first-order valence-electron chi connectivity index (χ1n) is 7.12. The van der Waals surface area contributed by atoms with Gasteiger partial charge in [0.2, 0.25) is 5.91 Å². The molecule has 0 aliphatic rings. The van der Waals surface area contributed by atoms with Crippen molar-refractivity contribution in [2.75, 3.05) is 11.9 Å². The summed E-state index contributed by atoms with van der Waals surface area (Å²) in [6.45, 7) is 4.09. The molecule has 2 amide bonds. The van der Waals surface area contributed by atoms with Crippen LogP contribution in [0.15, 0.2) is 42.6 Å². The van der Waals surface area contributed by atoms with Crippen molar-refractivity contribution in [2.45, 2.75) is 20.3 Å². The Morgan fingerprint density at radius 1 is 1.14 bits per heavy atom. The number of nitrogens with one attached hydrogen (secondary N) is 2. The molecule has 5 heteroatoms. The Balaban J connectivity index is 1.80. The molecule has 0 saturated carbocycles. The zero-order chi connectivity index (χ0) is 15.9. The Morgan fingerprint density at radius 2 is 1.91 bits per heavy atom.